The standard InChI is InChI=1S/C13H16ClNO2/c1-15-6-5-11(12(8-15)13(16)17)9-3-2-4-10(14)7-9/h2-4,7,11-12H,5-6,8H2,1H3,(H,16,17). The molecule has 1 fully saturated rings. The van der Waals surface area contributed by atoms with Crippen LogP contribution in [0.2, 0.25) is 5.02 Å². The van der Waals surface area contributed by atoms with E-state index >= 15 is 0 Å². The van der Waals surface area contributed by atoms with Crippen LogP contribution in [-0.2, 0) is 4.79 Å². The second-order valence-electron chi connectivity index (χ2n) is 4.66. The average Bonchev–Trinajstić information content (AvgIpc) is 2.28. The summed E-state index contributed by atoms with van der Waals surface area (Å²) in [4.78, 5) is 13.4. The first-order valence-corrected chi connectivity index (χ1v) is 6.12. The number of likely N-dealkylation sites (tertiary alicyclic amines) is 1. The van der Waals surface area contributed by atoms with Gasteiger partial charge < -0.3 is 10.0 Å². The van der Waals surface area contributed by atoms with Crippen molar-refractivity contribution in [2.75, 3.05) is 20.1 Å². The van der Waals surface area contributed by atoms with Gasteiger partial charge in [0.05, 0.1) is 5.92 Å². The fourth-order valence-electron chi connectivity index (χ4n) is 2.50. The Labute approximate surface area is 106 Å². The molecule has 1 N–H and O–H groups in total. The van der Waals surface area contributed by atoms with Gasteiger partial charge in [-0.25, -0.2) is 0 Å². The van der Waals surface area contributed by atoms with Gasteiger partial charge in [-0.3, -0.25) is 4.79 Å². The molecule has 1 aromatic carbocycles. The molecule has 1 aliphatic heterocycles. The molecular weight excluding hydrogens is 238 g/mol. The summed E-state index contributed by atoms with van der Waals surface area (Å²) in [6.07, 6.45) is 0.869. The summed E-state index contributed by atoms with van der Waals surface area (Å²) in [6, 6.07) is 7.55. The largest absolute Gasteiger partial charge is 0.481 e. The number of nitrogens with zero attached hydrogens (tertiary/aromatic N) is 1. The van der Waals surface area contributed by atoms with Crippen LogP contribution in [0.3, 0.4) is 0 Å². The second kappa shape index (κ2) is 5.07. The monoisotopic (exact) mass is 253 g/mol. The van der Waals surface area contributed by atoms with E-state index in [1.54, 1.807) is 0 Å². The maximum absolute atomic E-state index is 11.3. The molecule has 92 valence electrons. The van der Waals surface area contributed by atoms with Crippen LogP contribution < -0.4 is 0 Å². The molecule has 0 radical (unpaired) electrons. The first-order chi connectivity index (χ1) is 8.08. The zero-order valence-corrected chi connectivity index (χ0v) is 10.5. The van der Waals surface area contributed by atoms with Crippen molar-refractivity contribution < 1.29 is 9.90 Å². The number of hydrogen-bond acceptors (Lipinski definition) is 2. The van der Waals surface area contributed by atoms with E-state index < -0.39 is 5.97 Å². The van der Waals surface area contributed by atoms with Crippen molar-refractivity contribution in [3.05, 3.63) is 34.9 Å². The van der Waals surface area contributed by atoms with E-state index in [0.29, 0.717) is 11.6 Å². The van der Waals surface area contributed by atoms with Crippen LogP contribution in [0.4, 0.5) is 0 Å². The van der Waals surface area contributed by atoms with Gasteiger partial charge in [-0.05, 0) is 43.6 Å². The van der Waals surface area contributed by atoms with Gasteiger partial charge in [0.2, 0.25) is 0 Å². The summed E-state index contributed by atoms with van der Waals surface area (Å²) in [7, 11) is 1.96. The third kappa shape index (κ3) is 2.79. The predicted molar refractivity (Wildman–Crippen MR) is 67.4 cm³/mol. The molecule has 0 bridgehead atoms. The Balaban J connectivity index is 2.26. The van der Waals surface area contributed by atoms with E-state index in [9.17, 15) is 9.90 Å². The maximum Gasteiger partial charge on any atom is 0.308 e. The zero-order chi connectivity index (χ0) is 12.4. The molecule has 1 saturated heterocycles. The molecule has 2 unspecified atom stereocenters. The van der Waals surface area contributed by atoms with Gasteiger partial charge in [-0.1, -0.05) is 23.7 Å². The third-order valence-corrected chi connectivity index (χ3v) is 3.65. The van der Waals surface area contributed by atoms with Gasteiger partial charge in [0.25, 0.3) is 0 Å². The fraction of sp³-hybridized carbons (Fsp3) is 0.462. The molecule has 1 aromatic rings. The van der Waals surface area contributed by atoms with Crippen molar-refractivity contribution in [3.63, 3.8) is 0 Å². The Kier molecular flexibility index (Phi) is 3.69. The Morgan fingerprint density at radius 1 is 1.53 bits per heavy atom. The number of halogens is 1. The van der Waals surface area contributed by atoms with Crippen molar-refractivity contribution >= 4 is 17.6 Å². The van der Waals surface area contributed by atoms with Gasteiger partial charge in [-0.15, -0.1) is 0 Å². The van der Waals surface area contributed by atoms with Gasteiger partial charge in [-0.2, -0.15) is 0 Å². The Hall–Kier alpha value is -1.06. The van der Waals surface area contributed by atoms with Crippen LogP contribution in [-0.4, -0.2) is 36.1 Å². The van der Waals surface area contributed by atoms with E-state index in [1.165, 1.54) is 0 Å². The van der Waals surface area contributed by atoms with Crippen molar-refractivity contribution in [3.8, 4) is 0 Å². The number of benzene rings is 1. The lowest BCUT2D eigenvalue weighted by Gasteiger charge is -2.34. The lowest BCUT2D eigenvalue weighted by Crippen LogP contribution is -2.40. The van der Waals surface area contributed by atoms with E-state index in [0.717, 1.165) is 18.5 Å². The highest BCUT2D eigenvalue weighted by atomic mass is 35.5. The van der Waals surface area contributed by atoms with E-state index in [2.05, 4.69) is 4.90 Å². The van der Waals surface area contributed by atoms with Crippen molar-refractivity contribution in [1.29, 1.82) is 0 Å². The number of carbonyl (C=O) groups is 1. The minimum atomic E-state index is -0.721. The quantitative estimate of drug-likeness (QED) is 0.880. The molecule has 2 rings (SSSR count). The lowest BCUT2D eigenvalue weighted by atomic mass is 9.80. The molecule has 1 aliphatic rings. The fourth-order valence-corrected chi connectivity index (χ4v) is 2.70. The lowest BCUT2D eigenvalue weighted by molar-refractivity contribution is -0.144. The molecule has 0 aliphatic carbocycles. The molecule has 4 heteroatoms. The first-order valence-electron chi connectivity index (χ1n) is 5.74. The normalized spacial score (nSPS) is 25.8. The van der Waals surface area contributed by atoms with Gasteiger partial charge in [0.1, 0.15) is 0 Å². The van der Waals surface area contributed by atoms with Gasteiger partial charge >= 0.3 is 5.97 Å². The number of aliphatic carboxylic acids is 1. The summed E-state index contributed by atoms with van der Waals surface area (Å²) in [5, 5.41) is 9.97. The van der Waals surface area contributed by atoms with E-state index in [1.807, 2.05) is 31.3 Å². The van der Waals surface area contributed by atoms with Gasteiger partial charge in [0, 0.05) is 11.6 Å². The average molecular weight is 254 g/mol. The summed E-state index contributed by atoms with van der Waals surface area (Å²) >= 11 is 5.96. The van der Waals surface area contributed by atoms with Crippen LogP contribution >= 0.6 is 11.6 Å². The highest BCUT2D eigenvalue weighted by Gasteiger charge is 2.33. The number of hydrogen-bond donors (Lipinski definition) is 1. The Morgan fingerprint density at radius 3 is 2.94 bits per heavy atom. The smallest absolute Gasteiger partial charge is 0.308 e. The van der Waals surface area contributed by atoms with Crippen LogP contribution in [0.25, 0.3) is 0 Å². The molecule has 0 spiro atoms. The topological polar surface area (TPSA) is 40.5 Å². The number of carboxylic acid groups (broad SMARTS) is 1. The minimum Gasteiger partial charge on any atom is -0.481 e. The summed E-state index contributed by atoms with van der Waals surface area (Å²) in [5.74, 6) is -0.990. The molecule has 1 heterocycles. The SMILES string of the molecule is CN1CCC(c2cccc(Cl)c2)C(C(=O)O)C1. The molecule has 0 amide bonds. The second-order valence-corrected chi connectivity index (χ2v) is 5.09. The van der Waals surface area contributed by atoms with Crippen LogP contribution in [0.5, 0.6) is 0 Å². The van der Waals surface area contributed by atoms with Crippen LogP contribution in [0.1, 0.15) is 17.9 Å². The Bertz CT molecular complexity index is 422. The summed E-state index contributed by atoms with van der Waals surface area (Å²) in [5.41, 5.74) is 1.04. The first kappa shape index (κ1) is 12.4. The van der Waals surface area contributed by atoms with Crippen molar-refractivity contribution in [1.82, 2.24) is 4.90 Å². The number of rotatable bonds is 2. The molecule has 17 heavy (non-hydrogen) atoms. The van der Waals surface area contributed by atoms with Crippen LogP contribution in [0, 0.1) is 5.92 Å². The third-order valence-electron chi connectivity index (χ3n) is 3.41. The predicted octanol–water partition coefficient (Wildman–Crippen LogP) is 2.46. The molecule has 3 nitrogen and oxygen atoms in total. The molecule has 0 saturated carbocycles. The van der Waals surface area contributed by atoms with Crippen molar-refractivity contribution in [2.24, 2.45) is 5.92 Å². The molecular formula is C13H16ClNO2. The highest BCUT2D eigenvalue weighted by molar-refractivity contribution is 6.30. The summed E-state index contributed by atoms with van der Waals surface area (Å²) < 4.78 is 0. The summed E-state index contributed by atoms with van der Waals surface area (Å²) in [6.45, 7) is 1.54. The minimum absolute atomic E-state index is 0.0717. The Morgan fingerprint density at radius 2 is 2.29 bits per heavy atom. The van der Waals surface area contributed by atoms with Crippen LogP contribution in [0.15, 0.2) is 24.3 Å². The van der Waals surface area contributed by atoms with E-state index in [-0.39, 0.29) is 11.8 Å². The highest BCUT2D eigenvalue weighted by Crippen LogP contribution is 2.33. The molecule has 2 atom stereocenters. The van der Waals surface area contributed by atoms with E-state index in [4.69, 9.17) is 11.6 Å². The number of carboxylic acids is 1. The van der Waals surface area contributed by atoms with Gasteiger partial charge in [0.15, 0.2) is 0 Å². The maximum atomic E-state index is 11.3. The zero-order valence-electron chi connectivity index (χ0n) is 9.77. The number of piperidine rings is 1. The molecule has 0 aromatic heterocycles. The van der Waals surface area contributed by atoms with Crippen molar-refractivity contribution in [2.45, 2.75) is 12.3 Å².